The lowest BCUT2D eigenvalue weighted by atomic mass is 10.1. The fourth-order valence-corrected chi connectivity index (χ4v) is 2.73. The van der Waals surface area contributed by atoms with Crippen LogP contribution in [0.1, 0.15) is 29.8 Å². The highest BCUT2D eigenvalue weighted by Gasteiger charge is 2.16. The van der Waals surface area contributed by atoms with Gasteiger partial charge in [-0.1, -0.05) is 29.3 Å². The third-order valence-electron chi connectivity index (χ3n) is 3.83. The maximum absolute atomic E-state index is 12.5. The Morgan fingerprint density at radius 1 is 1.15 bits per heavy atom. The average molecular weight is 369 g/mol. The smallest absolute Gasteiger partial charge is 0.343 e. The van der Waals surface area contributed by atoms with Crippen molar-refractivity contribution in [3.63, 3.8) is 0 Å². The number of carbonyl (C=O) groups is 1. The minimum absolute atomic E-state index is 0.347. The monoisotopic (exact) mass is 368 g/mol. The van der Waals surface area contributed by atoms with Gasteiger partial charge in [0.05, 0.1) is 5.56 Å². The van der Waals surface area contributed by atoms with E-state index in [1.54, 1.807) is 42.5 Å². The van der Waals surface area contributed by atoms with Crippen LogP contribution in [-0.4, -0.2) is 5.97 Å². The number of fused-ring (bicyclic) bond motifs is 1. The van der Waals surface area contributed by atoms with E-state index >= 15 is 0 Å². The number of carbonyl (C=O) groups excluding carboxylic acids is 1. The Labute approximate surface area is 155 Å². The van der Waals surface area contributed by atoms with Gasteiger partial charge in [-0.3, -0.25) is 0 Å². The maximum Gasteiger partial charge on any atom is 0.343 e. The summed E-state index contributed by atoms with van der Waals surface area (Å²) >= 11 is 5.94. The lowest BCUT2D eigenvalue weighted by Gasteiger charge is -2.11. The van der Waals surface area contributed by atoms with Gasteiger partial charge in [-0.2, -0.15) is 0 Å². The molecule has 4 nitrogen and oxygen atoms in total. The molecule has 0 aliphatic carbocycles. The molecular formula is C21H17ClO4. The van der Waals surface area contributed by atoms with Gasteiger partial charge < -0.3 is 9.15 Å². The molecule has 0 spiro atoms. The van der Waals surface area contributed by atoms with Crippen molar-refractivity contribution in [2.45, 2.75) is 20.3 Å². The second kappa shape index (κ2) is 7.58. The molecule has 0 amide bonds. The van der Waals surface area contributed by atoms with Crippen molar-refractivity contribution >= 4 is 28.5 Å². The number of ether oxygens (including phenoxy) is 1. The predicted octanol–water partition coefficient (Wildman–Crippen LogP) is 5.17. The average Bonchev–Trinajstić information content (AvgIpc) is 2.60. The third kappa shape index (κ3) is 4.03. The van der Waals surface area contributed by atoms with Crippen LogP contribution in [0.2, 0.25) is 5.02 Å². The highest BCUT2D eigenvalue weighted by molar-refractivity contribution is 6.30. The normalized spacial score (nSPS) is 10.6. The van der Waals surface area contributed by atoms with Crippen LogP contribution in [0.5, 0.6) is 5.75 Å². The Morgan fingerprint density at radius 3 is 2.65 bits per heavy atom. The topological polar surface area (TPSA) is 56.5 Å². The van der Waals surface area contributed by atoms with Crippen LogP contribution in [0, 0.1) is 0 Å². The fraction of sp³-hybridized carbons (Fsp3) is 0.143. The third-order valence-corrected chi connectivity index (χ3v) is 4.06. The van der Waals surface area contributed by atoms with Crippen LogP contribution >= 0.6 is 11.6 Å². The van der Waals surface area contributed by atoms with Crippen LogP contribution in [0.15, 0.2) is 69.4 Å². The second-order valence-electron chi connectivity index (χ2n) is 6.10. The number of hydrogen-bond donors (Lipinski definition) is 0. The molecule has 1 aromatic heterocycles. The zero-order valence-corrected chi connectivity index (χ0v) is 15.2. The van der Waals surface area contributed by atoms with Crippen molar-refractivity contribution in [2.24, 2.45) is 0 Å². The molecule has 0 aliphatic rings. The quantitative estimate of drug-likeness (QED) is 0.276. The minimum atomic E-state index is -0.524. The number of esters is 1. The minimum Gasteiger partial charge on any atom is -0.422 e. The maximum atomic E-state index is 12.5. The van der Waals surface area contributed by atoms with E-state index in [-0.39, 0.29) is 0 Å². The first-order chi connectivity index (χ1) is 12.4. The van der Waals surface area contributed by atoms with Crippen molar-refractivity contribution in [3.05, 3.63) is 86.7 Å². The molecule has 3 aromatic rings. The predicted molar refractivity (Wildman–Crippen MR) is 102 cm³/mol. The summed E-state index contributed by atoms with van der Waals surface area (Å²) in [6.45, 7) is 3.94. The molecule has 0 N–H and O–H groups in total. The summed E-state index contributed by atoms with van der Waals surface area (Å²) in [5.41, 5.74) is 2.07. The summed E-state index contributed by atoms with van der Waals surface area (Å²) in [6.07, 6.45) is 2.46. The van der Waals surface area contributed by atoms with E-state index in [0.717, 1.165) is 11.0 Å². The molecule has 0 saturated heterocycles. The van der Waals surface area contributed by atoms with Gasteiger partial charge in [0, 0.05) is 22.0 Å². The largest absolute Gasteiger partial charge is 0.422 e. The molecule has 3 rings (SSSR count). The van der Waals surface area contributed by atoms with Gasteiger partial charge in [-0.15, -0.1) is 0 Å². The molecule has 0 unspecified atom stereocenters. The Kier molecular flexibility index (Phi) is 5.24. The van der Waals surface area contributed by atoms with Crippen LogP contribution < -0.4 is 10.4 Å². The number of rotatable bonds is 4. The molecule has 132 valence electrons. The molecule has 0 fully saturated rings. The summed E-state index contributed by atoms with van der Waals surface area (Å²) in [6, 6.07) is 13.1. The molecule has 5 heteroatoms. The van der Waals surface area contributed by atoms with Crippen LogP contribution in [0.25, 0.3) is 11.0 Å². The van der Waals surface area contributed by atoms with Crippen LogP contribution in [0.4, 0.5) is 0 Å². The Morgan fingerprint density at radius 2 is 1.92 bits per heavy atom. The molecule has 26 heavy (non-hydrogen) atoms. The van der Waals surface area contributed by atoms with Gasteiger partial charge in [0.25, 0.3) is 0 Å². The summed E-state index contributed by atoms with van der Waals surface area (Å²) in [5.74, 6) is -0.169. The fourth-order valence-electron chi connectivity index (χ4n) is 2.54. The number of hydrogen-bond acceptors (Lipinski definition) is 4. The van der Waals surface area contributed by atoms with E-state index in [4.69, 9.17) is 20.8 Å². The Hall–Kier alpha value is -2.85. The van der Waals surface area contributed by atoms with Gasteiger partial charge >= 0.3 is 11.6 Å². The summed E-state index contributed by atoms with van der Waals surface area (Å²) in [5, 5.41) is 1.22. The van der Waals surface area contributed by atoms with E-state index in [1.165, 1.54) is 6.07 Å². The standard InChI is InChI=1S/C21H17ClO4/c1-13(2)6-9-17-18(10-7-14-8-11-19(23)26-20(14)17)25-21(24)15-4-3-5-16(22)12-15/h3-8,10-12H,9H2,1-2H3. The number of allylic oxidation sites excluding steroid dienone is 2. The van der Waals surface area contributed by atoms with Gasteiger partial charge in [-0.05, 0) is 56.7 Å². The summed E-state index contributed by atoms with van der Waals surface area (Å²) in [7, 11) is 0. The Bertz CT molecular complexity index is 1060. The molecule has 0 saturated carbocycles. The molecule has 2 aromatic carbocycles. The van der Waals surface area contributed by atoms with Crippen LogP contribution in [-0.2, 0) is 6.42 Å². The second-order valence-corrected chi connectivity index (χ2v) is 6.54. The molecule has 0 atom stereocenters. The van der Waals surface area contributed by atoms with Gasteiger partial charge in [0.15, 0.2) is 0 Å². The van der Waals surface area contributed by atoms with Gasteiger partial charge in [0.1, 0.15) is 11.3 Å². The molecule has 0 aliphatic heterocycles. The first-order valence-electron chi connectivity index (χ1n) is 8.11. The van der Waals surface area contributed by atoms with Crippen molar-refractivity contribution < 1.29 is 13.9 Å². The van der Waals surface area contributed by atoms with Gasteiger partial charge in [-0.25, -0.2) is 9.59 Å². The van der Waals surface area contributed by atoms with Crippen molar-refractivity contribution in [1.29, 1.82) is 0 Å². The highest BCUT2D eigenvalue weighted by Crippen LogP contribution is 2.29. The van der Waals surface area contributed by atoms with E-state index in [2.05, 4.69) is 0 Å². The first-order valence-corrected chi connectivity index (χ1v) is 8.48. The van der Waals surface area contributed by atoms with E-state index in [0.29, 0.717) is 33.9 Å². The van der Waals surface area contributed by atoms with Crippen molar-refractivity contribution in [1.82, 2.24) is 0 Å². The zero-order chi connectivity index (χ0) is 18.7. The lowest BCUT2D eigenvalue weighted by Crippen LogP contribution is -2.10. The van der Waals surface area contributed by atoms with E-state index in [1.807, 2.05) is 19.9 Å². The highest BCUT2D eigenvalue weighted by atomic mass is 35.5. The molecule has 1 heterocycles. The summed E-state index contributed by atoms with van der Waals surface area (Å²) in [4.78, 5) is 24.1. The van der Waals surface area contributed by atoms with Crippen molar-refractivity contribution in [2.75, 3.05) is 0 Å². The van der Waals surface area contributed by atoms with E-state index in [9.17, 15) is 9.59 Å². The van der Waals surface area contributed by atoms with Gasteiger partial charge in [0.2, 0.25) is 0 Å². The molecule has 0 bridgehead atoms. The SMILES string of the molecule is CC(C)=CCc1c(OC(=O)c2cccc(Cl)c2)ccc2ccc(=O)oc12. The number of halogens is 1. The zero-order valence-electron chi connectivity index (χ0n) is 14.4. The van der Waals surface area contributed by atoms with E-state index < -0.39 is 11.6 Å². The Balaban J connectivity index is 2.06. The summed E-state index contributed by atoms with van der Waals surface area (Å²) < 4.78 is 11.0. The number of benzene rings is 2. The lowest BCUT2D eigenvalue weighted by molar-refractivity contribution is 0.0733. The van der Waals surface area contributed by atoms with Crippen LogP contribution in [0.3, 0.4) is 0 Å². The first kappa shape index (κ1) is 18.0. The molecular weight excluding hydrogens is 352 g/mol. The molecule has 0 radical (unpaired) electrons. The van der Waals surface area contributed by atoms with Crippen molar-refractivity contribution in [3.8, 4) is 5.75 Å².